The highest BCUT2D eigenvalue weighted by atomic mass is 19.4. The number of halogens is 5. The molecule has 0 spiro atoms. The molecule has 5 aliphatic rings. The van der Waals surface area contributed by atoms with Gasteiger partial charge >= 0.3 is 12.1 Å². The predicted octanol–water partition coefficient (Wildman–Crippen LogP) is 7.23. The van der Waals surface area contributed by atoms with Gasteiger partial charge in [-0.15, -0.1) is 0 Å². The molecule has 0 amide bonds. The second kappa shape index (κ2) is 11.3. The number of rotatable bonds is 5. The Hall–Kier alpha value is -3.11. The molecule has 10 heteroatoms. The van der Waals surface area contributed by atoms with Crippen LogP contribution < -0.4 is 4.90 Å². The van der Waals surface area contributed by atoms with Crippen molar-refractivity contribution >= 4 is 11.5 Å². The number of ketones is 1. The summed E-state index contributed by atoms with van der Waals surface area (Å²) in [5, 5.41) is 11.5. The first-order valence-corrected chi connectivity index (χ1v) is 16.4. The molecule has 246 valence electrons. The van der Waals surface area contributed by atoms with Gasteiger partial charge in [-0.2, -0.15) is 22.0 Å². The van der Waals surface area contributed by atoms with Gasteiger partial charge in [-0.25, -0.2) is 0 Å². The standard InChI is InChI=1S/C36H40F5N3O2/c1-33-21-30(24-4-2-23(3-5-24)22-43-16-18-44(19-17-43)26-11-14-42-15-12-26)32-28-9-7-27(45)20-25(28)6-8-29(32)31(33)10-13-34(33,46)35(37,38)36(39,40)41/h2-5,11-12,14-15,20,29-31,46H,6-10,13,16-19,21-22H2,1H3/t29-,30+,31-,33-,34+/m0/s1. The molecule has 46 heavy (non-hydrogen) atoms. The third-order valence-electron chi connectivity index (χ3n) is 12.0. The molecule has 2 saturated carbocycles. The van der Waals surface area contributed by atoms with Crippen molar-refractivity contribution in [2.75, 3.05) is 31.1 Å². The highest BCUT2D eigenvalue weighted by Gasteiger charge is 2.79. The second-order valence-corrected chi connectivity index (χ2v) is 14.2. The minimum Gasteiger partial charge on any atom is -0.383 e. The Morgan fingerprint density at radius 1 is 0.935 bits per heavy atom. The maximum Gasteiger partial charge on any atom is 0.456 e. The van der Waals surface area contributed by atoms with Crippen LogP contribution in [-0.4, -0.2) is 64.7 Å². The van der Waals surface area contributed by atoms with E-state index >= 15 is 8.78 Å². The summed E-state index contributed by atoms with van der Waals surface area (Å²) in [4.78, 5) is 21.1. The number of hydrogen-bond donors (Lipinski definition) is 1. The first-order valence-electron chi connectivity index (χ1n) is 16.4. The average Bonchev–Trinajstić information content (AvgIpc) is 3.32. The zero-order valence-corrected chi connectivity index (χ0v) is 26.0. The van der Waals surface area contributed by atoms with E-state index in [0.29, 0.717) is 25.7 Å². The smallest absolute Gasteiger partial charge is 0.383 e. The van der Waals surface area contributed by atoms with Gasteiger partial charge in [0.15, 0.2) is 5.78 Å². The van der Waals surface area contributed by atoms with Gasteiger partial charge in [0.2, 0.25) is 0 Å². The number of fused-ring (bicyclic) bond motifs is 4. The van der Waals surface area contributed by atoms with Crippen molar-refractivity contribution in [1.82, 2.24) is 9.88 Å². The van der Waals surface area contributed by atoms with Gasteiger partial charge in [0.1, 0.15) is 5.60 Å². The van der Waals surface area contributed by atoms with E-state index in [1.807, 2.05) is 36.4 Å². The van der Waals surface area contributed by atoms with E-state index in [9.17, 15) is 23.1 Å². The van der Waals surface area contributed by atoms with Crippen LogP contribution in [0.25, 0.3) is 0 Å². The third-order valence-corrected chi connectivity index (χ3v) is 12.0. The minimum atomic E-state index is -5.86. The summed E-state index contributed by atoms with van der Waals surface area (Å²) < 4.78 is 72.0. The van der Waals surface area contributed by atoms with Crippen molar-refractivity contribution < 1.29 is 31.9 Å². The number of piperazine rings is 1. The van der Waals surface area contributed by atoms with Crippen LogP contribution in [0.5, 0.6) is 0 Å². The van der Waals surface area contributed by atoms with Crippen molar-refractivity contribution in [1.29, 1.82) is 0 Å². The van der Waals surface area contributed by atoms with Crippen LogP contribution in [0, 0.1) is 17.3 Å². The number of aliphatic hydroxyl groups is 1. The summed E-state index contributed by atoms with van der Waals surface area (Å²) in [5.41, 5.74) is 1.42. The lowest BCUT2D eigenvalue weighted by Crippen LogP contribution is -2.65. The van der Waals surface area contributed by atoms with Crippen LogP contribution in [0.1, 0.15) is 68.9 Å². The molecule has 0 radical (unpaired) electrons. The van der Waals surface area contributed by atoms with Crippen molar-refractivity contribution in [3.05, 3.63) is 82.7 Å². The highest BCUT2D eigenvalue weighted by Crippen LogP contribution is 2.70. The molecule has 5 atom stereocenters. The van der Waals surface area contributed by atoms with E-state index < -0.39 is 41.4 Å². The molecule has 1 aromatic carbocycles. The Morgan fingerprint density at radius 3 is 2.30 bits per heavy atom. The molecule has 2 aromatic rings. The van der Waals surface area contributed by atoms with Gasteiger partial charge in [-0.05, 0) is 90.8 Å². The zero-order valence-electron chi connectivity index (χ0n) is 26.0. The Balaban J connectivity index is 1.19. The predicted molar refractivity (Wildman–Crippen MR) is 164 cm³/mol. The molecule has 4 aliphatic carbocycles. The zero-order chi connectivity index (χ0) is 32.5. The molecule has 7 rings (SSSR count). The molecule has 1 saturated heterocycles. The van der Waals surface area contributed by atoms with Crippen LogP contribution >= 0.6 is 0 Å². The summed E-state index contributed by atoms with van der Waals surface area (Å²) in [7, 11) is 0. The van der Waals surface area contributed by atoms with Crippen LogP contribution in [0.4, 0.5) is 27.6 Å². The van der Waals surface area contributed by atoms with Crippen molar-refractivity contribution in [3.63, 3.8) is 0 Å². The largest absolute Gasteiger partial charge is 0.456 e. The number of carbonyl (C=O) groups is 1. The Morgan fingerprint density at radius 2 is 1.63 bits per heavy atom. The Labute approximate surface area is 266 Å². The van der Waals surface area contributed by atoms with E-state index in [1.54, 1.807) is 18.5 Å². The maximum absolute atomic E-state index is 15.3. The van der Waals surface area contributed by atoms with Crippen LogP contribution in [0.2, 0.25) is 0 Å². The van der Waals surface area contributed by atoms with Gasteiger partial charge in [0, 0.05) is 68.6 Å². The molecule has 2 heterocycles. The molecule has 1 aromatic heterocycles. The molecular formula is C36H40F5N3O2. The number of allylic oxidation sites excluding steroid dienone is 4. The quantitative estimate of drug-likeness (QED) is 0.349. The number of alkyl halides is 5. The SMILES string of the molecule is C[C@]12C[C@H](c3ccc(CN4CCN(c5ccncc5)CC4)cc3)C3=C4CCC(=O)C=C4CC[C@H]3[C@@H]1CC[C@]2(O)C(F)(F)C(F)(F)F. The normalized spacial score (nSPS) is 32.2. The number of nitrogens with zero attached hydrogens (tertiary/aromatic N) is 3. The first-order chi connectivity index (χ1) is 21.8. The van der Waals surface area contributed by atoms with Gasteiger partial charge in [-0.1, -0.05) is 36.8 Å². The van der Waals surface area contributed by atoms with Gasteiger partial charge < -0.3 is 10.0 Å². The summed E-state index contributed by atoms with van der Waals surface area (Å²) in [5.74, 6) is -6.32. The average molecular weight is 642 g/mol. The molecule has 0 unspecified atom stereocenters. The van der Waals surface area contributed by atoms with E-state index in [2.05, 4.69) is 14.8 Å². The minimum absolute atomic E-state index is 0.00723. The molecule has 1 aliphatic heterocycles. The monoisotopic (exact) mass is 641 g/mol. The summed E-state index contributed by atoms with van der Waals surface area (Å²) in [6, 6.07) is 12.1. The molecule has 5 nitrogen and oxygen atoms in total. The van der Waals surface area contributed by atoms with Gasteiger partial charge in [0.25, 0.3) is 0 Å². The topological polar surface area (TPSA) is 56.7 Å². The molecule has 1 N–H and O–H groups in total. The third kappa shape index (κ3) is 4.93. The first kappa shape index (κ1) is 31.5. The number of carbonyl (C=O) groups excluding carboxylic acids is 1. The number of benzene rings is 1. The maximum atomic E-state index is 15.3. The summed E-state index contributed by atoms with van der Waals surface area (Å²) >= 11 is 0. The van der Waals surface area contributed by atoms with Gasteiger partial charge in [-0.3, -0.25) is 14.7 Å². The highest BCUT2D eigenvalue weighted by molar-refractivity contribution is 5.93. The lowest BCUT2D eigenvalue weighted by atomic mass is 9.50. The summed E-state index contributed by atoms with van der Waals surface area (Å²) in [6.07, 6.45) is 1.04. The Kier molecular flexibility index (Phi) is 7.70. The van der Waals surface area contributed by atoms with Crippen LogP contribution in [-0.2, 0) is 11.3 Å². The number of hydrogen-bond acceptors (Lipinski definition) is 5. The fourth-order valence-corrected chi connectivity index (χ4v) is 9.55. The molecule has 0 bridgehead atoms. The fraction of sp³-hybridized carbons (Fsp3) is 0.556. The second-order valence-electron chi connectivity index (χ2n) is 14.2. The van der Waals surface area contributed by atoms with Crippen molar-refractivity contribution in [2.24, 2.45) is 17.3 Å². The lowest BCUT2D eigenvalue weighted by molar-refractivity contribution is -0.362. The van der Waals surface area contributed by atoms with Crippen LogP contribution in [0.3, 0.4) is 0 Å². The van der Waals surface area contributed by atoms with E-state index in [1.165, 1.54) is 6.92 Å². The van der Waals surface area contributed by atoms with Gasteiger partial charge in [0.05, 0.1) is 0 Å². The van der Waals surface area contributed by atoms with E-state index in [4.69, 9.17) is 0 Å². The van der Waals surface area contributed by atoms with Crippen molar-refractivity contribution in [2.45, 2.75) is 82.0 Å². The van der Waals surface area contributed by atoms with Crippen LogP contribution in [0.15, 0.2) is 71.6 Å². The van der Waals surface area contributed by atoms with E-state index in [0.717, 1.165) is 66.3 Å². The number of pyridine rings is 1. The number of aromatic nitrogens is 1. The lowest BCUT2D eigenvalue weighted by Gasteiger charge is -2.56. The summed E-state index contributed by atoms with van der Waals surface area (Å²) in [6.45, 7) is 5.79. The van der Waals surface area contributed by atoms with E-state index in [-0.39, 0.29) is 24.5 Å². The molecular weight excluding hydrogens is 601 g/mol. The fourth-order valence-electron chi connectivity index (χ4n) is 9.55. The van der Waals surface area contributed by atoms with Crippen molar-refractivity contribution in [3.8, 4) is 0 Å². The number of anilines is 1. The Bertz CT molecular complexity index is 1550. The molecule has 3 fully saturated rings.